The molecule has 0 bridgehead atoms. The first kappa shape index (κ1) is 27.0. The maximum atomic E-state index is 13.9. The van der Waals surface area contributed by atoms with Crippen LogP contribution in [0.4, 0.5) is 25.1 Å². The van der Waals surface area contributed by atoms with E-state index in [1.165, 1.54) is 42.2 Å². The van der Waals surface area contributed by atoms with Crippen molar-refractivity contribution in [2.24, 2.45) is 0 Å². The topological polar surface area (TPSA) is 130 Å². The highest BCUT2D eigenvalue weighted by atomic mass is 19.1. The average Bonchev–Trinajstić information content (AvgIpc) is 3.29. The highest BCUT2D eigenvalue weighted by Gasteiger charge is 2.22. The molecule has 4 aromatic rings. The second-order valence-corrected chi connectivity index (χ2v) is 9.52. The molecule has 2 aromatic carbocycles. The van der Waals surface area contributed by atoms with Crippen molar-refractivity contribution in [3.8, 4) is 22.9 Å². The number of hydrogen-bond donors (Lipinski definition) is 4. The molecular weight excluding hydrogens is 510 g/mol. The first-order chi connectivity index (χ1) is 18.4. The normalized spacial score (nSPS) is 11.1. The molecule has 4 N–H and O–H groups in total. The van der Waals surface area contributed by atoms with Crippen LogP contribution in [0.25, 0.3) is 5.69 Å². The molecule has 4 rings (SSSR count). The third-order valence-electron chi connectivity index (χ3n) is 5.46. The number of anilines is 2. The Kier molecular flexibility index (Phi) is 7.47. The molecule has 0 saturated heterocycles. The zero-order valence-electron chi connectivity index (χ0n) is 21.5. The van der Waals surface area contributed by atoms with Gasteiger partial charge in [0.1, 0.15) is 40.4 Å². The highest BCUT2D eigenvalue weighted by Crippen LogP contribution is 2.32. The van der Waals surface area contributed by atoms with Crippen LogP contribution in [0.5, 0.6) is 17.2 Å². The van der Waals surface area contributed by atoms with Crippen molar-refractivity contribution in [2.45, 2.75) is 26.2 Å². The van der Waals surface area contributed by atoms with Gasteiger partial charge < -0.3 is 20.5 Å². The number of carbonyl (C=O) groups is 2. The predicted octanol–water partition coefficient (Wildman–Crippen LogP) is 5.34. The van der Waals surface area contributed by atoms with Gasteiger partial charge in [-0.05, 0) is 30.3 Å². The molecule has 0 fully saturated rings. The van der Waals surface area contributed by atoms with Gasteiger partial charge in [-0.3, -0.25) is 15.1 Å². The highest BCUT2D eigenvalue weighted by molar-refractivity contribution is 6.00. The number of carbonyl (C=O) groups excluding carboxylic acids is 2. The first-order valence-corrected chi connectivity index (χ1v) is 11.8. The molecular formula is C27H26F2N6O4. The summed E-state index contributed by atoms with van der Waals surface area (Å²) < 4.78 is 34.7. The van der Waals surface area contributed by atoms with E-state index in [9.17, 15) is 23.5 Å². The van der Waals surface area contributed by atoms with Crippen LogP contribution in [0.1, 0.15) is 37.0 Å². The van der Waals surface area contributed by atoms with Crippen LogP contribution in [0.15, 0.2) is 60.8 Å². The monoisotopic (exact) mass is 536 g/mol. The van der Waals surface area contributed by atoms with Crippen molar-refractivity contribution < 1.29 is 28.2 Å². The van der Waals surface area contributed by atoms with Crippen LogP contribution in [-0.4, -0.2) is 38.9 Å². The summed E-state index contributed by atoms with van der Waals surface area (Å²) >= 11 is 0. The van der Waals surface area contributed by atoms with E-state index in [0.717, 1.165) is 18.2 Å². The zero-order valence-corrected chi connectivity index (χ0v) is 21.5. The van der Waals surface area contributed by atoms with Crippen LogP contribution < -0.4 is 20.7 Å². The summed E-state index contributed by atoms with van der Waals surface area (Å²) in [4.78, 5) is 28.6. The van der Waals surface area contributed by atoms with Gasteiger partial charge in [0.2, 0.25) is 0 Å². The minimum atomic E-state index is -0.794. The second kappa shape index (κ2) is 10.8. The number of amides is 3. The maximum Gasteiger partial charge on any atom is 0.324 e. The Morgan fingerprint density at radius 3 is 2.28 bits per heavy atom. The van der Waals surface area contributed by atoms with E-state index >= 15 is 0 Å². The van der Waals surface area contributed by atoms with Crippen LogP contribution in [0, 0.1) is 11.6 Å². The Bertz CT molecular complexity index is 1530. The number of benzene rings is 2. The standard InChI is InChI=1S/C27H26F2N6O4/c1-27(2,3)23-14-24(35(34-23)17-10-15(28)9-16(29)11-17)33-26(38)32-20-6-5-18(13-22(20)36)39-19-7-8-31-21(12-19)25(37)30-4/h5-14,36H,1-4H3,(H,30,37)(H2,32,33,38). The summed E-state index contributed by atoms with van der Waals surface area (Å²) in [5.74, 6) is -1.54. The number of aromatic hydroxyl groups is 1. The predicted molar refractivity (Wildman–Crippen MR) is 141 cm³/mol. The first-order valence-electron chi connectivity index (χ1n) is 11.8. The van der Waals surface area contributed by atoms with Crippen molar-refractivity contribution in [1.29, 1.82) is 0 Å². The van der Waals surface area contributed by atoms with E-state index in [4.69, 9.17) is 4.74 Å². The molecule has 202 valence electrons. The summed E-state index contributed by atoms with van der Waals surface area (Å²) in [5.41, 5.74) is 0.456. The lowest BCUT2D eigenvalue weighted by Gasteiger charge is -2.14. The molecule has 2 heterocycles. The van der Waals surface area contributed by atoms with Gasteiger partial charge in [-0.15, -0.1) is 0 Å². The molecule has 0 radical (unpaired) electrons. The average molecular weight is 537 g/mol. The third-order valence-corrected chi connectivity index (χ3v) is 5.46. The number of urea groups is 1. The Balaban J connectivity index is 1.52. The van der Waals surface area contributed by atoms with Crippen LogP contribution in [0.3, 0.4) is 0 Å². The van der Waals surface area contributed by atoms with Gasteiger partial charge >= 0.3 is 6.03 Å². The number of halogens is 2. The van der Waals surface area contributed by atoms with Gasteiger partial charge in [-0.2, -0.15) is 5.10 Å². The van der Waals surface area contributed by atoms with E-state index in [-0.39, 0.29) is 40.3 Å². The maximum absolute atomic E-state index is 13.9. The number of phenols is 1. The molecule has 0 unspecified atom stereocenters. The fourth-order valence-corrected chi connectivity index (χ4v) is 3.51. The molecule has 0 saturated carbocycles. The Morgan fingerprint density at radius 2 is 1.64 bits per heavy atom. The fourth-order valence-electron chi connectivity index (χ4n) is 3.51. The fraction of sp³-hybridized carbons (Fsp3) is 0.185. The lowest BCUT2D eigenvalue weighted by atomic mass is 9.92. The Morgan fingerprint density at radius 1 is 0.949 bits per heavy atom. The van der Waals surface area contributed by atoms with Gasteiger partial charge in [0.25, 0.3) is 5.91 Å². The Hall–Kier alpha value is -5.00. The number of phenolic OH excluding ortho intramolecular Hbond substituents is 1. The third kappa shape index (κ3) is 6.47. The van der Waals surface area contributed by atoms with Crippen molar-refractivity contribution in [1.82, 2.24) is 20.1 Å². The molecule has 0 aliphatic carbocycles. The summed E-state index contributed by atoms with van der Waals surface area (Å²) in [5, 5.41) is 22.5. The van der Waals surface area contributed by atoms with Gasteiger partial charge in [0.05, 0.1) is 17.1 Å². The van der Waals surface area contributed by atoms with Gasteiger partial charge in [0.15, 0.2) is 0 Å². The van der Waals surface area contributed by atoms with E-state index in [1.807, 2.05) is 20.8 Å². The van der Waals surface area contributed by atoms with E-state index in [2.05, 4.69) is 26.0 Å². The van der Waals surface area contributed by atoms with E-state index < -0.39 is 23.1 Å². The van der Waals surface area contributed by atoms with Gasteiger partial charge in [-0.1, -0.05) is 20.8 Å². The van der Waals surface area contributed by atoms with Crippen molar-refractivity contribution >= 4 is 23.4 Å². The Labute approximate surface area is 222 Å². The minimum Gasteiger partial charge on any atom is -0.506 e. The minimum absolute atomic E-state index is 0.0690. The molecule has 0 spiro atoms. The number of nitrogens with zero attached hydrogens (tertiary/aromatic N) is 3. The van der Waals surface area contributed by atoms with E-state index in [0.29, 0.717) is 11.4 Å². The molecule has 0 atom stereocenters. The largest absolute Gasteiger partial charge is 0.506 e. The number of rotatable bonds is 6. The molecule has 39 heavy (non-hydrogen) atoms. The van der Waals surface area contributed by atoms with Crippen molar-refractivity contribution in [2.75, 3.05) is 17.7 Å². The van der Waals surface area contributed by atoms with Crippen LogP contribution >= 0.6 is 0 Å². The number of hydrogen-bond acceptors (Lipinski definition) is 6. The van der Waals surface area contributed by atoms with Gasteiger partial charge in [-0.25, -0.2) is 18.3 Å². The smallest absolute Gasteiger partial charge is 0.324 e. The number of ether oxygens (including phenoxy) is 1. The van der Waals surface area contributed by atoms with E-state index in [1.54, 1.807) is 12.1 Å². The summed E-state index contributed by atoms with van der Waals surface area (Å²) in [7, 11) is 1.48. The van der Waals surface area contributed by atoms with Gasteiger partial charge in [0, 0.05) is 42.9 Å². The van der Waals surface area contributed by atoms with Crippen molar-refractivity contribution in [3.05, 3.63) is 83.8 Å². The zero-order chi connectivity index (χ0) is 28.3. The van der Waals surface area contributed by atoms with Crippen LogP contribution in [-0.2, 0) is 5.41 Å². The molecule has 10 nitrogen and oxygen atoms in total. The summed E-state index contributed by atoms with van der Waals surface area (Å²) in [6.45, 7) is 5.72. The molecule has 0 aliphatic rings. The molecule has 0 aliphatic heterocycles. The lowest BCUT2D eigenvalue weighted by molar-refractivity contribution is 0.0957. The summed E-state index contributed by atoms with van der Waals surface area (Å²) in [6.07, 6.45) is 1.41. The molecule has 12 heteroatoms. The molecule has 3 amide bonds. The summed E-state index contributed by atoms with van der Waals surface area (Å²) in [6, 6.07) is 11.0. The molecule has 2 aromatic heterocycles. The lowest BCUT2D eigenvalue weighted by Crippen LogP contribution is -2.21. The van der Waals surface area contributed by atoms with Crippen molar-refractivity contribution in [3.63, 3.8) is 0 Å². The number of aromatic nitrogens is 3. The number of pyridine rings is 1. The quantitative estimate of drug-likeness (QED) is 0.246. The second-order valence-electron chi connectivity index (χ2n) is 9.52. The van der Waals surface area contributed by atoms with Crippen LogP contribution in [0.2, 0.25) is 0 Å². The number of nitrogens with one attached hydrogen (secondary N) is 3. The SMILES string of the molecule is CNC(=O)c1cc(Oc2ccc(NC(=O)Nc3cc(C(C)(C)C)nn3-c3cc(F)cc(F)c3)c(O)c2)ccn1.